The van der Waals surface area contributed by atoms with Crippen LogP contribution in [0.15, 0.2) is 18.0 Å². The molecule has 0 aliphatic carbocycles. The summed E-state index contributed by atoms with van der Waals surface area (Å²) < 4.78 is 25.7. The lowest BCUT2D eigenvalue weighted by Crippen LogP contribution is -2.44. The number of rotatable bonds is 2. The van der Waals surface area contributed by atoms with Crippen molar-refractivity contribution in [1.29, 1.82) is 0 Å². The summed E-state index contributed by atoms with van der Waals surface area (Å²) in [4.78, 5) is 5.74. The Hall–Kier alpha value is -1.60. The molecule has 104 valence electrons. The SMILES string of the molecule is CC1C(N)=C(N(N)C(F)F)c2ccnc(Cl)c2N1C. The molecule has 2 heterocycles. The summed E-state index contributed by atoms with van der Waals surface area (Å²) in [6.45, 7) is -1.08. The van der Waals surface area contributed by atoms with E-state index in [-0.39, 0.29) is 22.6 Å². The second-order valence-electron chi connectivity index (χ2n) is 4.27. The molecule has 2 rings (SSSR count). The van der Waals surface area contributed by atoms with E-state index in [0.717, 1.165) is 0 Å². The molecule has 1 aliphatic heterocycles. The first-order valence-electron chi connectivity index (χ1n) is 5.55. The van der Waals surface area contributed by atoms with Gasteiger partial charge < -0.3 is 10.6 Å². The molecule has 0 saturated carbocycles. The Morgan fingerprint density at radius 2 is 2.16 bits per heavy atom. The van der Waals surface area contributed by atoms with Crippen molar-refractivity contribution in [2.75, 3.05) is 11.9 Å². The number of hydrogen-bond acceptors (Lipinski definition) is 5. The van der Waals surface area contributed by atoms with Crippen molar-refractivity contribution in [3.05, 3.63) is 28.7 Å². The maximum atomic E-state index is 12.9. The van der Waals surface area contributed by atoms with Crippen LogP contribution in [0, 0.1) is 0 Å². The van der Waals surface area contributed by atoms with Crippen LogP contribution in [0.3, 0.4) is 0 Å². The molecule has 1 aromatic rings. The molecule has 1 unspecified atom stereocenters. The molecule has 0 spiro atoms. The third-order valence-corrected chi connectivity index (χ3v) is 3.54. The average Bonchev–Trinajstić information content (AvgIpc) is 2.35. The third-order valence-electron chi connectivity index (χ3n) is 3.26. The molecular formula is C11H14ClF2N5. The van der Waals surface area contributed by atoms with Gasteiger partial charge >= 0.3 is 6.55 Å². The topological polar surface area (TPSA) is 71.4 Å². The Bertz CT molecular complexity index is 534. The van der Waals surface area contributed by atoms with Gasteiger partial charge in [0.2, 0.25) is 0 Å². The van der Waals surface area contributed by atoms with Gasteiger partial charge in [-0.2, -0.15) is 8.78 Å². The van der Waals surface area contributed by atoms with E-state index in [0.29, 0.717) is 16.3 Å². The number of fused-ring (bicyclic) bond motifs is 1. The smallest absolute Gasteiger partial charge is 0.328 e. The molecule has 1 aliphatic rings. The van der Waals surface area contributed by atoms with E-state index >= 15 is 0 Å². The van der Waals surface area contributed by atoms with Crippen LogP contribution in [0.1, 0.15) is 12.5 Å². The van der Waals surface area contributed by atoms with Crippen molar-refractivity contribution in [3.63, 3.8) is 0 Å². The fourth-order valence-electron chi connectivity index (χ4n) is 2.10. The van der Waals surface area contributed by atoms with E-state index in [1.807, 2.05) is 0 Å². The number of halogens is 3. The van der Waals surface area contributed by atoms with Gasteiger partial charge in [0.25, 0.3) is 0 Å². The van der Waals surface area contributed by atoms with E-state index in [2.05, 4.69) is 4.98 Å². The number of hydrazine groups is 1. The fourth-order valence-corrected chi connectivity index (χ4v) is 2.39. The molecular weight excluding hydrogens is 276 g/mol. The second-order valence-corrected chi connectivity index (χ2v) is 4.63. The van der Waals surface area contributed by atoms with E-state index in [9.17, 15) is 8.78 Å². The molecule has 19 heavy (non-hydrogen) atoms. The minimum absolute atomic E-state index is 0.0832. The van der Waals surface area contributed by atoms with Crippen molar-refractivity contribution in [2.24, 2.45) is 11.6 Å². The van der Waals surface area contributed by atoms with Crippen LogP contribution >= 0.6 is 11.6 Å². The number of nitrogens with zero attached hydrogens (tertiary/aromatic N) is 3. The number of alkyl halides is 2. The van der Waals surface area contributed by atoms with Gasteiger partial charge in [-0.05, 0) is 13.0 Å². The predicted octanol–water partition coefficient (Wildman–Crippen LogP) is 1.60. The molecule has 0 fully saturated rings. The molecule has 1 atom stereocenters. The molecule has 0 aromatic carbocycles. The number of anilines is 1. The van der Waals surface area contributed by atoms with Gasteiger partial charge in [0, 0.05) is 18.8 Å². The van der Waals surface area contributed by atoms with Gasteiger partial charge in [-0.3, -0.25) is 0 Å². The van der Waals surface area contributed by atoms with Crippen LogP contribution in [0.2, 0.25) is 5.15 Å². The molecule has 0 saturated heterocycles. The first-order valence-corrected chi connectivity index (χ1v) is 5.93. The van der Waals surface area contributed by atoms with Crippen LogP contribution in [-0.2, 0) is 0 Å². The molecule has 8 heteroatoms. The minimum atomic E-state index is -2.86. The standard InChI is InChI=1S/C11H14ClF2N5/c1-5-7(15)8(19(16)11(13)14)6-3-4-17-10(12)9(6)18(5)2/h3-5,11H,15-16H2,1-2H3. The van der Waals surface area contributed by atoms with Crippen LogP contribution in [0.25, 0.3) is 5.70 Å². The number of hydrogen-bond donors (Lipinski definition) is 2. The highest BCUT2D eigenvalue weighted by Gasteiger charge is 2.33. The maximum Gasteiger partial charge on any atom is 0.328 e. The van der Waals surface area contributed by atoms with E-state index in [1.54, 1.807) is 24.9 Å². The first-order chi connectivity index (χ1) is 8.86. The summed E-state index contributed by atoms with van der Waals surface area (Å²) in [6.07, 6.45) is 1.43. The third kappa shape index (κ3) is 2.08. The Kier molecular flexibility index (Phi) is 3.51. The average molecular weight is 290 g/mol. The predicted molar refractivity (Wildman–Crippen MR) is 70.2 cm³/mol. The van der Waals surface area contributed by atoms with Crippen LogP contribution in [0.4, 0.5) is 14.5 Å². The zero-order chi connectivity index (χ0) is 14.3. The highest BCUT2D eigenvalue weighted by Crippen LogP contribution is 2.40. The van der Waals surface area contributed by atoms with Crippen molar-refractivity contribution in [2.45, 2.75) is 19.5 Å². The Morgan fingerprint density at radius 1 is 1.53 bits per heavy atom. The van der Waals surface area contributed by atoms with Gasteiger partial charge in [0.1, 0.15) is 0 Å². The summed E-state index contributed by atoms with van der Waals surface area (Å²) in [7, 11) is 1.77. The Balaban J connectivity index is 2.68. The number of likely N-dealkylation sites (N-methyl/N-ethyl adjacent to an activating group) is 1. The highest BCUT2D eigenvalue weighted by molar-refractivity contribution is 6.32. The first kappa shape index (κ1) is 13.8. The quantitative estimate of drug-likeness (QED) is 0.374. The van der Waals surface area contributed by atoms with Gasteiger partial charge in [0.15, 0.2) is 5.15 Å². The summed E-state index contributed by atoms with van der Waals surface area (Å²) in [5.74, 6) is 5.42. The lowest BCUT2D eigenvalue weighted by molar-refractivity contribution is 0.0128. The van der Waals surface area contributed by atoms with E-state index < -0.39 is 6.55 Å². The molecule has 0 bridgehead atoms. The number of nitrogens with two attached hydrogens (primary N) is 2. The second kappa shape index (κ2) is 4.82. The van der Waals surface area contributed by atoms with E-state index in [1.165, 1.54) is 6.20 Å². The van der Waals surface area contributed by atoms with Crippen molar-refractivity contribution >= 4 is 23.0 Å². The molecule has 4 N–H and O–H groups in total. The van der Waals surface area contributed by atoms with Gasteiger partial charge in [-0.1, -0.05) is 11.6 Å². The zero-order valence-corrected chi connectivity index (χ0v) is 11.2. The highest BCUT2D eigenvalue weighted by atomic mass is 35.5. The normalized spacial score (nSPS) is 18.9. The molecule has 5 nitrogen and oxygen atoms in total. The summed E-state index contributed by atoms with van der Waals surface area (Å²) in [5.41, 5.74) is 7.27. The molecule has 0 radical (unpaired) electrons. The summed E-state index contributed by atoms with van der Waals surface area (Å²) in [5, 5.41) is 0.577. The number of pyridine rings is 1. The lowest BCUT2D eigenvalue weighted by atomic mass is 9.99. The molecule has 1 aromatic heterocycles. The minimum Gasteiger partial charge on any atom is -0.399 e. The Labute approximate surface area is 114 Å². The maximum absolute atomic E-state index is 12.9. The van der Waals surface area contributed by atoms with Gasteiger partial charge in [0.05, 0.1) is 23.1 Å². The summed E-state index contributed by atoms with van der Waals surface area (Å²) in [6, 6.07) is 1.25. The summed E-state index contributed by atoms with van der Waals surface area (Å²) >= 11 is 6.04. The van der Waals surface area contributed by atoms with Crippen LogP contribution < -0.4 is 16.5 Å². The molecule has 0 amide bonds. The van der Waals surface area contributed by atoms with Crippen molar-refractivity contribution in [3.8, 4) is 0 Å². The fraction of sp³-hybridized carbons (Fsp3) is 0.364. The largest absolute Gasteiger partial charge is 0.399 e. The number of aromatic nitrogens is 1. The van der Waals surface area contributed by atoms with Crippen molar-refractivity contribution in [1.82, 2.24) is 9.99 Å². The Morgan fingerprint density at radius 3 is 2.74 bits per heavy atom. The van der Waals surface area contributed by atoms with E-state index in [4.69, 9.17) is 23.2 Å². The van der Waals surface area contributed by atoms with Gasteiger partial charge in [-0.25, -0.2) is 15.8 Å². The van der Waals surface area contributed by atoms with Crippen molar-refractivity contribution < 1.29 is 8.78 Å². The van der Waals surface area contributed by atoms with Gasteiger partial charge in [-0.15, -0.1) is 0 Å². The van der Waals surface area contributed by atoms with Crippen LogP contribution in [-0.4, -0.2) is 29.6 Å². The monoisotopic (exact) mass is 289 g/mol. The zero-order valence-electron chi connectivity index (χ0n) is 10.4. The van der Waals surface area contributed by atoms with Crippen LogP contribution in [0.5, 0.6) is 0 Å². The lowest BCUT2D eigenvalue weighted by Gasteiger charge is -2.38.